The summed E-state index contributed by atoms with van der Waals surface area (Å²) in [5, 5.41) is 0. The van der Waals surface area contributed by atoms with Crippen molar-refractivity contribution >= 4 is 5.78 Å². The molecule has 1 saturated heterocycles. The third kappa shape index (κ3) is 2.41. The number of ketones is 1. The highest BCUT2D eigenvalue weighted by atomic mass is 16.1. The number of likely N-dealkylation sites (tertiary alicyclic amines) is 1. The summed E-state index contributed by atoms with van der Waals surface area (Å²) in [7, 11) is 0. The van der Waals surface area contributed by atoms with Gasteiger partial charge in [-0.3, -0.25) is 9.69 Å². The molecule has 1 fully saturated rings. The summed E-state index contributed by atoms with van der Waals surface area (Å²) in [6, 6.07) is 0. The van der Waals surface area contributed by atoms with Gasteiger partial charge in [-0.1, -0.05) is 27.7 Å². The summed E-state index contributed by atoms with van der Waals surface area (Å²) < 4.78 is 0. The van der Waals surface area contributed by atoms with Crippen molar-refractivity contribution in [2.45, 2.75) is 58.9 Å². The summed E-state index contributed by atoms with van der Waals surface area (Å²) in [4.78, 5) is 14.1. The first-order chi connectivity index (χ1) is 7.09. The van der Waals surface area contributed by atoms with Crippen LogP contribution >= 0.6 is 0 Å². The highest BCUT2D eigenvalue weighted by molar-refractivity contribution is 5.81. The topological polar surface area (TPSA) is 20.3 Å². The van der Waals surface area contributed by atoms with Crippen LogP contribution in [-0.2, 0) is 4.79 Å². The predicted molar refractivity (Wildman–Crippen MR) is 64.0 cm³/mol. The van der Waals surface area contributed by atoms with E-state index in [1.165, 1.54) is 19.3 Å². The molecule has 1 atom stereocenters. The van der Waals surface area contributed by atoms with E-state index in [1.54, 1.807) is 0 Å². The summed E-state index contributed by atoms with van der Waals surface area (Å²) in [6.45, 7) is 10.8. The van der Waals surface area contributed by atoms with Crippen molar-refractivity contribution in [2.24, 2.45) is 5.92 Å². The molecule has 2 nitrogen and oxygen atoms in total. The molecule has 0 aromatic carbocycles. The first kappa shape index (κ1) is 12.7. The first-order valence-corrected chi connectivity index (χ1v) is 6.37. The lowest BCUT2D eigenvalue weighted by molar-refractivity contribution is -0.127. The van der Waals surface area contributed by atoms with Crippen molar-refractivity contribution in [3.05, 3.63) is 0 Å². The largest absolute Gasteiger partial charge is 0.299 e. The van der Waals surface area contributed by atoms with Crippen LogP contribution in [0.4, 0.5) is 0 Å². The summed E-state index contributed by atoms with van der Waals surface area (Å²) >= 11 is 0. The van der Waals surface area contributed by atoms with Gasteiger partial charge in [0.05, 0.1) is 0 Å². The van der Waals surface area contributed by atoms with Crippen LogP contribution in [0.1, 0.15) is 53.4 Å². The molecule has 15 heavy (non-hydrogen) atoms. The molecule has 0 aromatic rings. The second-order valence-corrected chi connectivity index (χ2v) is 4.85. The fourth-order valence-corrected chi connectivity index (χ4v) is 2.87. The molecule has 0 N–H and O–H groups in total. The Hall–Kier alpha value is -0.370. The van der Waals surface area contributed by atoms with Crippen molar-refractivity contribution < 1.29 is 4.79 Å². The Morgan fingerprint density at radius 2 is 1.80 bits per heavy atom. The number of piperidine rings is 1. The maximum Gasteiger partial charge on any atom is 0.138 e. The zero-order chi connectivity index (χ0) is 11.5. The monoisotopic (exact) mass is 211 g/mol. The van der Waals surface area contributed by atoms with E-state index in [0.29, 0.717) is 11.3 Å². The van der Waals surface area contributed by atoms with Gasteiger partial charge in [0.2, 0.25) is 0 Å². The van der Waals surface area contributed by atoms with Crippen molar-refractivity contribution in [3.63, 3.8) is 0 Å². The molecular formula is C13H25NO. The molecular weight excluding hydrogens is 186 g/mol. The minimum Gasteiger partial charge on any atom is -0.299 e. The minimum absolute atomic E-state index is 0.239. The van der Waals surface area contributed by atoms with E-state index in [9.17, 15) is 4.79 Å². The van der Waals surface area contributed by atoms with Crippen molar-refractivity contribution in [1.29, 1.82) is 0 Å². The standard InChI is InChI=1S/C13H25NO/c1-5-13(6-2,7-3)14-9-8-12(15)11(4)10-14/h11H,5-10H2,1-4H3. The van der Waals surface area contributed by atoms with Crippen LogP contribution in [0.5, 0.6) is 0 Å². The van der Waals surface area contributed by atoms with Crippen LogP contribution in [0, 0.1) is 5.92 Å². The van der Waals surface area contributed by atoms with E-state index in [2.05, 4.69) is 32.6 Å². The van der Waals surface area contributed by atoms with E-state index in [0.717, 1.165) is 19.5 Å². The van der Waals surface area contributed by atoms with E-state index in [1.807, 2.05) is 0 Å². The molecule has 0 spiro atoms. The van der Waals surface area contributed by atoms with Crippen molar-refractivity contribution in [1.82, 2.24) is 4.90 Å². The smallest absolute Gasteiger partial charge is 0.138 e. The van der Waals surface area contributed by atoms with Crippen LogP contribution < -0.4 is 0 Å². The fraction of sp³-hybridized carbons (Fsp3) is 0.923. The van der Waals surface area contributed by atoms with Gasteiger partial charge in [0.1, 0.15) is 5.78 Å². The molecule has 0 aliphatic carbocycles. The van der Waals surface area contributed by atoms with Gasteiger partial charge in [-0.05, 0) is 19.3 Å². The van der Waals surface area contributed by atoms with Gasteiger partial charge in [0.15, 0.2) is 0 Å². The quantitative estimate of drug-likeness (QED) is 0.712. The molecule has 0 amide bonds. The summed E-state index contributed by atoms with van der Waals surface area (Å²) in [5.41, 5.74) is 0.342. The van der Waals surface area contributed by atoms with Crippen LogP contribution in [-0.4, -0.2) is 29.3 Å². The minimum atomic E-state index is 0.239. The second kappa shape index (κ2) is 5.11. The third-order valence-corrected chi connectivity index (χ3v) is 4.32. The molecule has 1 aliphatic heterocycles. The maximum atomic E-state index is 11.5. The van der Waals surface area contributed by atoms with Crippen molar-refractivity contribution in [3.8, 4) is 0 Å². The summed E-state index contributed by atoms with van der Waals surface area (Å²) in [6.07, 6.45) is 4.34. The average Bonchev–Trinajstić information content (AvgIpc) is 2.26. The van der Waals surface area contributed by atoms with Crippen molar-refractivity contribution in [2.75, 3.05) is 13.1 Å². The normalized spacial score (nSPS) is 24.5. The molecule has 0 bridgehead atoms. The molecule has 0 saturated carbocycles. The number of carbonyl (C=O) groups is 1. The van der Waals surface area contributed by atoms with Gasteiger partial charge in [-0.15, -0.1) is 0 Å². The molecule has 1 unspecified atom stereocenters. The Balaban J connectivity index is 2.73. The van der Waals surface area contributed by atoms with Crippen LogP contribution in [0.25, 0.3) is 0 Å². The predicted octanol–water partition coefficient (Wildman–Crippen LogP) is 2.87. The molecule has 2 heteroatoms. The Morgan fingerprint density at radius 1 is 1.27 bits per heavy atom. The van der Waals surface area contributed by atoms with E-state index >= 15 is 0 Å². The van der Waals surface area contributed by atoms with Gasteiger partial charge in [-0.2, -0.15) is 0 Å². The van der Waals surface area contributed by atoms with Gasteiger partial charge >= 0.3 is 0 Å². The number of carbonyl (C=O) groups excluding carboxylic acids is 1. The van der Waals surface area contributed by atoms with E-state index in [-0.39, 0.29) is 5.92 Å². The number of hydrogen-bond acceptors (Lipinski definition) is 2. The molecule has 1 rings (SSSR count). The fourth-order valence-electron chi connectivity index (χ4n) is 2.87. The Labute approximate surface area is 94.0 Å². The zero-order valence-electron chi connectivity index (χ0n) is 10.7. The Kier molecular flexibility index (Phi) is 4.32. The summed E-state index contributed by atoms with van der Waals surface area (Å²) in [5.74, 6) is 0.686. The third-order valence-electron chi connectivity index (χ3n) is 4.32. The van der Waals surface area contributed by atoms with Crippen LogP contribution in [0.3, 0.4) is 0 Å². The number of rotatable bonds is 4. The number of hydrogen-bond donors (Lipinski definition) is 0. The molecule has 88 valence electrons. The van der Waals surface area contributed by atoms with E-state index in [4.69, 9.17) is 0 Å². The van der Waals surface area contributed by atoms with E-state index < -0.39 is 0 Å². The molecule has 1 aliphatic rings. The SMILES string of the molecule is CCC(CC)(CC)N1CCC(=O)C(C)C1. The first-order valence-electron chi connectivity index (χ1n) is 6.37. The zero-order valence-corrected chi connectivity index (χ0v) is 10.7. The number of Topliss-reactive ketones (excluding diaryl/α,β-unsaturated/α-hetero) is 1. The second-order valence-electron chi connectivity index (χ2n) is 4.85. The number of nitrogens with zero attached hydrogens (tertiary/aromatic N) is 1. The van der Waals surface area contributed by atoms with Gasteiger partial charge in [0, 0.05) is 31.0 Å². The Bertz CT molecular complexity index is 212. The van der Waals surface area contributed by atoms with Crippen LogP contribution in [0.2, 0.25) is 0 Å². The average molecular weight is 211 g/mol. The lowest BCUT2D eigenvalue weighted by atomic mass is 9.84. The van der Waals surface area contributed by atoms with Gasteiger partial charge in [-0.25, -0.2) is 0 Å². The van der Waals surface area contributed by atoms with Gasteiger partial charge in [0.25, 0.3) is 0 Å². The lowest BCUT2D eigenvalue weighted by Gasteiger charge is -2.46. The molecule has 0 aromatic heterocycles. The maximum absolute atomic E-state index is 11.5. The van der Waals surface area contributed by atoms with Crippen LogP contribution in [0.15, 0.2) is 0 Å². The lowest BCUT2D eigenvalue weighted by Crippen LogP contribution is -2.53. The molecule has 1 heterocycles. The highest BCUT2D eigenvalue weighted by Crippen LogP contribution is 2.31. The Morgan fingerprint density at radius 3 is 2.20 bits per heavy atom. The van der Waals surface area contributed by atoms with Gasteiger partial charge < -0.3 is 0 Å². The highest BCUT2D eigenvalue weighted by Gasteiger charge is 2.36. The molecule has 0 radical (unpaired) electrons.